The Morgan fingerprint density at radius 2 is 2.44 bits per heavy atom. The van der Waals surface area contributed by atoms with Gasteiger partial charge in [-0.3, -0.25) is 0 Å². The van der Waals surface area contributed by atoms with E-state index in [1.54, 1.807) is 7.11 Å². The molecule has 0 amide bonds. The molecule has 0 bridgehead atoms. The number of hydrogen-bond acceptors (Lipinski definition) is 2. The van der Waals surface area contributed by atoms with Crippen molar-refractivity contribution in [1.82, 2.24) is 5.43 Å². The zero-order valence-electron chi connectivity index (χ0n) is 5.59. The van der Waals surface area contributed by atoms with Gasteiger partial charge in [0.05, 0.1) is 12.8 Å². The van der Waals surface area contributed by atoms with Crippen LogP contribution >= 0.6 is 0 Å². The van der Waals surface area contributed by atoms with Crippen molar-refractivity contribution in [3.8, 4) is 0 Å². The smallest absolute Gasteiger partial charge is 0.234 e. The number of rotatable bonds is 2. The van der Waals surface area contributed by atoms with Crippen LogP contribution in [0.1, 0.15) is 13.3 Å². The van der Waals surface area contributed by atoms with Crippen LogP contribution in [0.4, 0.5) is 0 Å². The summed E-state index contributed by atoms with van der Waals surface area (Å²) in [5, 5.41) is 3.83. The minimum absolute atomic E-state index is 0.604. The van der Waals surface area contributed by atoms with Gasteiger partial charge in [0.15, 0.2) is 0 Å². The van der Waals surface area contributed by atoms with Crippen molar-refractivity contribution in [2.75, 3.05) is 7.11 Å². The van der Waals surface area contributed by atoms with E-state index in [1.807, 2.05) is 13.0 Å². The first kappa shape index (κ1) is 6.13. The first-order valence-corrected chi connectivity index (χ1v) is 2.90. The van der Waals surface area contributed by atoms with E-state index in [-0.39, 0.29) is 0 Å². The van der Waals surface area contributed by atoms with E-state index >= 15 is 0 Å². The topological polar surface area (TPSA) is 35.7 Å². The molecule has 0 atom stereocenters. The number of hydrogen-bond donors (Lipinski definition) is 0. The molecular weight excluding hydrogens is 116 g/mol. The summed E-state index contributed by atoms with van der Waals surface area (Å²) in [7, 11) is 1.59. The van der Waals surface area contributed by atoms with Crippen LogP contribution in [0.2, 0.25) is 0 Å². The Hall–Kier alpha value is -0.990. The number of ether oxygens (including phenoxy) is 1. The first-order valence-electron chi connectivity index (χ1n) is 2.90. The summed E-state index contributed by atoms with van der Waals surface area (Å²) in [6.07, 6.45) is 2.75. The molecule has 9 heavy (non-hydrogen) atoms. The number of allylic oxidation sites excluding steroid dienone is 1. The van der Waals surface area contributed by atoms with E-state index in [1.165, 1.54) is 0 Å². The average Bonchev–Trinajstić information content (AvgIpc) is 2.34. The molecular formula is C6H9N2O. The van der Waals surface area contributed by atoms with Crippen LogP contribution in [0.15, 0.2) is 17.1 Å². The lowest BCUT2D eigenvalue weighted by molar-refractivity contribution is 0.264. The summed E-state index contributed by atoms with van der Waals surface area (Å²) in [4.78, 5) is 0. The van der Waals surface area contributed by atoms with Crippen molar-refractivity contribution in [2.45, 2.75) is 13.3 Å². The molecule has 1 heterocycles. The van der Waals surface area contributed by atoms with Gasteiger partial charge in [0.1, 0.15) is 0 Å². The minimum Gasteiger partial charge on any atom is -0.480 e. The summed E-state index contributed by atoms with van der Waals surface area (Å²) in [6.45, 7) is 2.03. The highest BCUT2D eigenvalue weighted by atomic mass is 16.5. The molecule has 0 aromatic rings. The fraction of sp³-hybridized carbons (Fsp3) is 0.500. The van der Waals surface area contributed by atoms with E-state index in [0.29, 0.717) is 5.88 Å². The minimum atomic E-state index is 0.604. The molecule has 0 unspecified atom stereocenters. The number of methoxy groups -OCH3 is 1. The fourth-order valence-corrected chi connectivity index (χ4v) is 0.586. The van der Waals surface area contributed by atoms with Crippen LogP contribution in [0.3, 0.4) is 0 Å². The second kappa shape index (κ2) is 2.53. The summed E-state index contributed by atoms with van der Waals surface area (Å²) >= 11 is 0. The zero-order chi connectivity index (χ0) is 6.69. The molecule has 1 aliphatic rings. The van der Waals surface area contributed by atoms with Crippen LogP contribution < -0.4 is 5.43 Å². The van der Waals surface area contributed by atoms with E-state index < -0.39 is 0 Å². The van der Waals surface area contributed by atoms with Crippen molar-refractivity contribution in [3.05, 3.63) is 12.0 Å². The van der Waals surface area contributed by atoms with Crippen molar-refractivity contribution in [3.63, 3.8) is 0 Å². The molecule has 0 fully saturated rings. The maximum absolute atomic E-state index is 4.82. The SMILES string of the molecule is CCC1=N[N]C(OC)=C1. The Morgan fingerprint density at radius 1 is 1.67 bits per heavy atom. The molecule has 0 N–H and O–H groups in total. The standard InChI is InChI=1S/C6H9N2O/c1-3-5-4-6(9-2)8-7-5/h4H,3H2,1-2H3. The molecule has 0 saturated heterocycles. The van der Waals surface area contributed by atoms with Crippen LogP contribution in [-0.2, 0) is 4.74 Å². The zero-order valence-corrected chi connectivity index (χ0v) is 5.59. The highest BCUT2D eigenvalue weighted by Gasteiger charge is 2.06. The number of nitrogens with zero attached hydrogens (tertiary/aromatic N) is 2. The lowest BCUT2D eigenvalue weighted by Gasteiger charge is -1.91. The second-order valence-corrected chi connectivity index (χ2v) is 1.73. The van der Waals surface area contributed by atoms with Gasteiger partial charge in [-0.25, -0.2) is 0 Å². The summed E-state index contributed by atoms with van der Waals surface area (Å²) < 4.78 is 4.82. The maximum Gasteiger partial charge on any atom is 0.234 e. The molecule has 0 saturated carbocycles. The van der Waals surface area contributed by atoms with Crippen molar-refractivity contribution in [2.24, 2.45) is 5.10 Å². The Bertz CT molecular complexity index is 160. The van der Waals surface area contributed by atoms with Gasteiger partial charge in [-0.2, -0.15) is 5.10 Å². The third kappa shape index (κ3) is 1.22. The molecule has 0 aromatic heterocycles. The normalized spacial score (nSPS) is 16.2. The predicted octanol–water partition coefficient (Wildman–Crippen LogP) is 0.858. The molecule has 0 aromatic carbocycles. The highest BCUT2D eigenvalue weighted by Crippen LogP contribution is 2.03. The lowest BCUT2D eigenvalue weighted by Crippen LogP contribution is -1.92. The van der Waals surface area contributed by atoms with Crippen LogP contribution in [0, 0.1) is 0 Å². The third-order valence-corrected chi connectivity index (χ3v) is 1.14. The second-order valence-electron chi connectivity index (χ2n) is 1.73. The Kier molecular flexibility index (Phi) is 1.72. The first-order chi connectivity index (χ1) is 4.36. The summed E-state index contributed by atoms with van der Waals surface area (Å²) in [5.41, 5.74) is 4.71. The molecule has 1 rings (SSSR count). The van der Waals surface area contributed by atoms with Gasteiger partial charge >= 0.3 is 0 Å². The van der Waals surface area contributed by atoms with Crippen molar-refractivity contribution in [1.29, 1.82) is 0 Å². The van der Waals surface area contributed by atoms with E-state index in [9.17, 15) is 0 Å². The summed E-state index contributed by atoms with van der Waals surface area (Å²) in [5.74, 6) is 0.604. The lowest BCUT2D eigenvalue weighted by atomic mass is 10.3. The largest absolute Gasteiger partial charge is 0.480 e. The maximum atomic E-state index is 4.82. The molecule has 3 nitrogen and oxygen atoms in total. The van der Waals surface area contributed by atoms with E-state index in [2.05, 4.69) is 10.5 Å². The molecule has 3 heteroatoms. The Morgan fingerprint density at radius 3 is 2.78 bits per heavy atom. The van der Waals surface area contributed by atoms with Gasteiger partial charge in [0.2, 0.25) is 5.88 Å². The monoisotopic (exact) mass is 125 g/mol. The molecule has 0 spiro atoms. The highest BCUT2D eigenvalue weighted by molar-refractivity contribution is 5.96. The Labute approximate surface area is 54.4 Å². The van der Waals surface area contributed by atoms with Crippen LogP contribution in [0.25, 0.3) is 0 Å². The van der Waals surface area contributed by atoms with Crippen molar-refractivity contribution < 1.29 is 4.74 Å². The van der Waals surface area contributed by atoms with Gasteiger partial charge < -0.3 is 4.74 Å². The van der Waals surface area contributed by atoms with Crippen LogP contribution in [-0.4, -0.2) is 12.8 Å². The van der Waals surface area contributed by atoms with Gasteiger partial charge in [-0.15, -0.1) is 5.43 Å². The summed E-state index contributed by atoms with van der Waals surface area (Å²) in [6, 6.07) is 0. The van der Waals surface area contributed by atoms with E-state index in [0.717, 1.165) is 12.1 Å². The predicted molar refractivity (Wildman–Crippen MR) is 35.0 cm³/mol. The average molecular weight is 125 g/mol. The van der Waals surface area contributed by atoms with Crippen LogP contribution in [0.5, 0.6) is 0 Å². The van der Waals surface area contributed by atoms with Crippen molar-refractivity contribution >= 4 is 5.71 Å². The van der Waals surface area contributed by atoms with E-state index in [4.69, 9.17) is 4.74 Å². The van der Waals surface area contributed by atoms with Gasteiger partial charge in [0.25, 0.3) is 0 Å². The Balaban J connectivity index is 2.52. The van der Waals surface area contributed by atoms with Gasteiger partial charge in [-0.05, 0) is 6.42 Å². The fourth-order valence-electron chi connectivity index (χ4n) is 0.586. The van der Waals surface area contributed by atoms with Gasteiger partial charge in [-0.1, -0.05) is 6.92 Å². The quantitative estimate of drug-likeness (QED) is 0.539. The molecule has 0 aliphatic carbocycles. The molecule has 1 radical (unpaired) electrons. The molecule has 49 valence electrons. The third-order valence-electron chi connectivity index (χ3n) is 1.14. The van der Waals surface area contributed by atoms with Gasteiger partial charge in [0, 0.05) is 6.08 Å². The molecule has 1 aliphatic heterocycles.